The Labute approximate surface area is 98.1 Å². The number of amides is 1. The van der Waals surface area contributed by atoms with Gasteiger partial charge >= 0.3 is 0 Å². The predicted octanol–water partition coefficient (Wildman–Crippen LogP) is 1.88. The van der Waals surface area contributed by atoms with Crippen molar-refractivity contribution in [1.82, 2.24) is 0 Å². The highest BCUT2D eigenvalue weighted by molar-refractivity contribution is 8.15. The van der Waals surface area contributed by atoms with Gasteiger partial charge in [-0.25, -0.2) is 4.99 Å². The lowest BCUT2D eigenvalue weighted by molar-refractivity contribution is -0.117. The van der Waals surface area contributed by atoms with Crippen LogP contribution in [0.4, 0.5) is 5.69 Å². The van der Waals surface area contributed by atoms with Crippen molar-refractivity contribution in [1.29, 1.82) is 0 Å². The van der Waals surface area contributed by atoms with Crippen molar-refractivity contribution in [2.24, 2.45) is 16.6 Å². The molecule has 16 heavy (non-hydrogen) atoms. The minimum atomic E-state index is -0.217. The fraction of sp³-hybridized carbons (Fsp3) is 0.333. The highest BCUT2D eigenvalue weighted by atomic mass is 32.2. The second-order valence-corrected chi connectivity index (χ2v) is 5.45. The number of thioether (sulfide) groups is 1. The fourth-order valence-electron chi connectivity index (χ4n) is 2.29. The summed E-state index contributed by atoms with van der Waals surface area (Å²) in [5.74, 6) is 0.184. The van der Waals surface area contributed by atoms with E-state index in [0.29, 0.717) is 5.92 Å². The van der Waals surface area contributed by atoms with E-state index < -0.39 is 0 Å². The number of aliphatic imine (C=N–C) groups is 1. The fourth-order valence-corrected chi connectivity index (χ4v) is 3.55. The van der Waals surface area contributed by atoms with Crippen molar-refractivity contribution in [3.63, 3.8) is 0 Å². The molecular formula is C12H12N2OS. The molecule has 4 heteroatoms. The third-order valence-corrected chi connectivity index (χ3v) is 4.49. The first-order valence-corrected chi connectivity index (χ1v) is 6.24. The van der Waals surface area contributed by atoms with Crippen molar-refractivity contribution in [3.05, 3.63) is 29.8 Å². The molecular weight excluding hydrogens is 220 g/mol. The van der Waals surface area contributed by atoms with Crippen LogP contribution in [0.15, 0.2) is 29.3 Å². The van der Waals surface area contributed by atoms with Gasteiger partial charge in [0, 0.05) is 5.92 Å². The number of primary amides is 1. The molecule has 1 saturated heterocycles. The van der Waals surface area contributed by atoms with E-state index in [-0.39, 0.29) is 11.2 Å². The SMILES string of the molecule is NC(=O)C1CC2Cc3ccccc3N=C2S1. The number of rotatable bonds is 1. The number of carbonyl (C=O) groups is 1. The predicted molar refractivity (Wildman–Crippen MR) is 65.9 cm³/mol. The number of carbonyl (C=O) groups excluding carboxylic acids is 1. The van der Waals surface area contributed by atoms with Crippen LogP contribution in [-0.4, -0.2) is 16.2 Å². The first-order chi connectivity index (χ1) is 7.74. The molecule has 1 aromatic carbocycles. The van der Waals surface area contributed by atoms with Gasteiger partial charge in [0.2, 0.25) is 5.91 Å². The van der Waals surface area contributed by atoms with Gasteiger partial charge in [0.05, 0.1) is 16.0 Å². The van der Waals surface area contributed by atoms with Crippen LogP contribution in [0.3, 0.4) is 0 Å². The van der Waals surface area contributed by atoms with Crippen molar-refractivity contribution in [2.75, 3.05) is 0 Å². The number of nitrogens with two attached hydrogens (primary N) is 1. The van der Waals surface area contributed by atoms with Gasteiger partial charge in [-0.1, -0.05) is 30.0 Å². The third-order valence-electron chi connectivity index (χ3n) is 3.12. The average molecular weight is 232 g/mol. The standard InChI is InChI=1S/C12H12N2OS/c13-11(15)10-6-8-5-7-3-1-2-4-9(7)14-12(8)16-10/h1-4,8,10H,5-6H2,(H2,13,15). The van der Waals surface area contributed by atoms with Gasteiger partial charge in [0.1, 0.15) is 0 Å². The molecule has 2 aliphatic heterocycles. The zero-order chi connectivity index (χ0) is 11.1. The zero-order valence-electron chi connectivity index (χ0n) is 8.72. The summed E-state index contributed by atoms with van der Waals surface area (Å²) in [6.07, 6.45) is 1.83. The number of benzene rings is 1. The van der Waals surface area contributed by atoms with Crippen LogP contribution in [0, 0.1) is 5.92 Å². The van der Waals surface area contributed by atoms with Gasteiger partial charge in [-0.05, 0) is 24.5 Å². The lowest BCUT2D eigenvalue weighted by atomic mass is 9.92. The van der Waals surface area contributed by atoms with Crippen LogP contribution in [0.2, 0.25) is 0 Å². The Bertz CT molecular complexity index is 484. The second kappa shape index (κ2) is 3.63. The van der Waals surface area contributed by atoms with Gasteiger partial charge in [-0.2, -0.15) is 0 Å². The Morgan fingerprint density at radius 1 is 1.44 bits per heavy atom. The monoisotopic (exact) mass is 232 g/mol. The maximum absolute atomic E-state index is 11.2. The molecule has 0 aliphatic carbocycles. The normalized spacial score (nSPS) is 26.9. The first-order valence-electron chi connectivity index (χ1n) is 5.36. The minimum absolute atomic E-state index is 0.0851. The van der Waals surface area contributed by atoms with Crippen LogP contribution in [0.5, 0.6) is 0 Å². The van der Waals surface area contributed by atoms with Crippen LogP contribution >= 0.6 is 11.8 Å². The first kappa shape index (κ1) is 9.90. The Kier molecular flexibility index (Phi) is 2.24. The van der Waals surface area contributed by atoms with Crippen LogP contribution in [0.25, 0.3) is 0 Å². The maximum Gasteiger partial charge on any atom is 0.230 e. The van der Waals surface area contributed by atoms with Crippen molar-refractivity contribution in [3.8, 4) is 0 Å². The Morgan fingerprint density at radius 2 is 2.25 bits per heavy atom. The molecule has 0 spiro atoms. The van der Waals surface area contributed by atoms with Gasteiger partial charge in [0.15, 0.2) is 0 Å². The summed E-state index contributed by atoms with van der Waals surface area (Å²) in [6.45, 7) is 0. The molecule has 1 fully saturated rings. The molecule has 1 aromatic rings. The zero-order valence-corrected chi connectivity index (χ0v) is 9.54. The minimum Gasteiger partial charge on any atom is -0.369 e. The molecule has 0 radical (unpaired) electrons. The van der Waals surface area contributed by atoms with E-state index in [4.69, 9.17) is 5.73 Å². The molecule has 0 aromatic heterocycles. The number of para-hydroxylation sites is 1. The molecule has 3 nitrogen and oxygen atoms in total. The van der Waals surface area contributed by atoms with Gasteiger partial charge < -0.3 is 5.73 Å². The average Bonchev–Trinajstić information content (AvgIpc) is 2.68. The Morgan fingerprint density at radius 3 is 3.06 bits per heavy atom. The quantitative estimate of drug-likeness (QED) is 0.803. The summed E-state index contributed by atoms with van der Waals surface area (Å²) < 4.78 is 0. The summed E-state index contributed by atoms with van der Waals surface area (Å²) in [6, 6.07) is 8.16. The molecule has 2 aliphatic rings. The number of fused-ring (bicyclic) bond motifs is 2. The molecule has 2 atom stereocenters. The van der Waals surface area contributed by atoms with E-state index in [1.54, 1.807) is 11.8 Å². The van der Waals surface area contributed by atoms with E-state index in [0.717, 1.165) is 23.6 Å². The molecule has 0 saturated carbocycles. The Hall–Kier alpha value is -1.29. The largest absolute Gasteiger partial charge is 0.369 e. The lowest BCUT2D eigenvalue weighted by Crippen LogP contribution is -2.24. The molecule has 1 amide bonds. The summed E-state index contributed by atoms with van der Waals surface area (Å²) in [5, 5.41) is 1.00. The molecule has 2 N–H and O–H groups in total. The van der Waals surface area contributed by atoms with E-state index in [1.807, 2.05) is 18.2 Å². The van der Waals surface area contributed by atoms with E-state index in [1.165, 1.54) is 5.56 Å². The lowest BCUT2D eigenvalue weighted by Gasteiger charge is -2.17. The summed E-state index contributed by atoms with van der Waals surface area (Å²) in [4.78, 5) is 15.8. The number of hydrogen-bond donors (Lipinski definition) is 1. The molecule has 3 rings (SSSR count). The number of nitrogens with zero attached hydrogens (tertiary/aromatic N) is 1. The van der Waals surface area contributed by atoms with Crippen LogP contribution < -0.4 is 5.73 Å². The topological polar surface area (TPSA) is 55.5 Å². The van der Waals surface area contributed by atoms with E-state index in [9.17, 15) is 4.79 Å². The van der Waals surface area contributed by atoms with Gasteiger partial charge in [-0.15, -0.1) is 0 Å². The highest BCUT2D eigenvalue weighted by Gasteiger charge is 2.36. The van der Waals surface area contributed by atoms with Crippen molar-refractivity contribution >= 4 is 28.4 Å². The summed E-state index contributed by atoms with van der Waals surface area (Å²) in [7, 11) is 0. The smallest absolute Gasteiger partial charge is 0.230 e. The molecule has 2 unspecified atom stereocenters. The van der Waals surface area contributed by atoms with E-state index in [2.05, 4.69) is 11.1 Å². The number of hydrogen-bond acceptors (Lipinski definition) is 3. The van der Waals surface area contributed by atoms with Crippen LogP contribution in [0.1, 0.15) is 12.0 Å². The van der Waals surface area contributed by atoms with Crippen molar-refractivity contribution in [2.45, 2.75) is 18.1 Å². The maximum atomic E-state index is 11.2. The Balaban J connectivity index is 1.93. The summed E-state index contributed by atoms with van der Waals surface area (Å²) >= 11 is 1.54. The van der Waals surface area contributed by atoms with Gasteiger partial charge in [-0.3, -0.25) is 4.79 Å². The molecule has 2 heterocycles. The molecule has 0 bridgehead atoms. The third kappa shape index (κ3) is 1.53. The second-order valence-electron chi connectivity index (χ2n) is 4.22. The molecule has 82 valence electrons. The van der Waals surface area contributed by atoms with Crippen molar-refractivity contribution < 1.29 is 4.79 Å². The highest BCUT2D eigenvalue weighted by Crippen LogP contribution is 2.42. The van der Waals surface area contributed by atoms with Gasteiger partial charge in [0.25, 0.3) is 0 Å². The summed E-state index contributed by atoms with van der Waals surface area (Å²) in [5.41, 5.74) is 7.67. The van der Waals surface area contributed by atoms with E-state index >= 15 is 0 Å². The van der Waals surface area contributed by atoms with Crippen LogP contribution in [-0.2, 0) is 11.2 Å².